The molecule has 1 unspecified atom stereocenters. The second-order valence-electron chi connectivity index (χ2n) is 2.50. The van der Waals surface area contributed by atoms with Crippen molar-refractivity contribution in [2.75, 3.05) is 6.38 Å². The lowest BCUT2D eigenvalue weighted by molar-refractivity contribution is 0.785. The summed E-state index contributed by atoms with van der Waals surface area (Å²) in [6, 6.07) is 0. The van der Waals surface area contributed by atoms with E-state index in [9.17, 15) is 0 Å². The van der Waals surface area contributed by atoms with Crippen LogP contribution in [0.15, 0.2) is 36.5 Å². The van der Waals surface area contributed by atoms with Crippen molar-refractivity contribution in [3.63, 3.8) is 0 Å². The number of hydrogen-bond donors (Lipinski definition) is 0. The van der Waals surface area contributed by atoms with E-state index in [0.29, 0.717) is 5.92 Å². The number of hydrogen-bond acceptors (Lipinski definition) is 0. The topological polar surface area (TPSA) is 0 Å². The second kappa shape index (κ2) is 6.23. The van der Waals surface area contributed by atoms with E-state index in [-0.39, 0.29) is 0 Å². The van der Waals surface area contributed by atoms with Gasteiger partial charge in [0.05, 0.1) is 0 Å². The Morgan fingerprint density at radius 3 is 2.64 bits per heavy atom. The van der Waals surface area contributed by atoms with E-state index in [4.69, 9.17) is 0 Å². The molecular formula is C10H15Cl. The van der Waals surface area contributed by atoms with Crippen molar-refractivity contribution in [3.8, 4) is 0 Å². The Bertz CT molecular complexity index is 166. The maximum Gasteiger partial charge on any atom is 0.0108 e. The van der Waals surface area contributed by atoms with Crippen LogP contribution in [0.5, 0.6) is 0 Å². The van der Waals surface area contributed by atoms with Gasteiger partial charge in [0.1, 0.15) is 0 Å². The van der Waals surface area contributed by atoms with Gasteiger partial charge in [-0.25, -0.2) is 0 Å². The van der Waals surface area contributed by atoms with E-state index in [2.05, 4.69) is 43.3 Å². The van der Waals surface area contributed by atoms with Crippen LogP contribution in [0.2, 0.25) is 0 Å². The molecule has 1 aliphatic rings. The first-order valence-electron chi connectivity index (χ1n) is 3.67. The quantitative estimate of drug-likeness (QED) is 0.417. The van der Waals surface area contributed by atoms with Crippen molar-refractivity contribution in [3.05, 3.63) is 36.5 Å². The Hall–Kier alpha value is -0.490. The third kappa shape index (κ3) is 4.05. The molecule has 0 aromatic rings. The molecule has 11 heavy (non-hydrogen) atoms. The van der Waals surface area contributed by atoms with Gasteiger partial charge < -0.3 is 0 Å². The summed E-state index contributed by atoms with van der Waals surface area (Å²) in [7, 11) is 0. The maximum atomic E-state index is 4.64. The molecule has 1 heteroatoms. The summed E-state index contributed by atoms with van der Waals surface area (Å²) in [5.74, 6) is 0.579. The minimum absolute atomic E-state index is 0.579. The van der Waals surface area contributed by atoms with Crippen LogP contribution in [0, 0.1) is 5.92 Å². The molecular weight excluding hydrogens is 156 g/mol. The van der Waals surface area contributed by atoms with Crippen molar-refractivity contribution < 1.29 is 0 Å². The van der Waals surface area contributed by atoms with E-state index in [1.807, 2.05) is 6.08 Å². The SMILES string of the molecule is C=CC1C=CC=C(C)C1.CCl. The van der Waals surface area contributed by atoms with Crippen LogP contribution in [0.4, 0.5) is 0 Å². The lowest BCUT2D eigenvalue weighted by Gasteiger charge is -2.10. The molecule has 0 saturated heterocycles. The Kier molecular flexibility index (Phi) is 5.96. The molecule has 0 saturated carbocycles. The maximum absolute atomic E-state index is 4.64. The van der Waals surface area contributed by atoms with Crippen LogP contribution in [-0.4, -0.2) is 6.38 Å². The fraction of sp³-hybridized carbons (Fsp3) is 0.400. The molecule has 1 rings (SSSR count). The molecule has 0 aromatic carbocycles. The zero-order valence-corrected chi connectivity index (χ0v) is 7.93. The van der Waals surface area contributed by atoms with Crippen molar-refractivity contribution in [1.82, 2.24) is 0 Å². The highest BCUT2D eigenvalue weighted by molar-refractivity contribution is 6.15. The lowest BCUT2D eigenvalue weighted by Crippen LogP contribution is -1.95. The van der Waals surface area contributed by atoms with Crippen LogP contribution in [-0.2, 0) is 0 Å². The fourth-order valence-corrected chi connectivity index (χ4v) is 1.03. The number of halogens is 1. The van der Waals surface area contributed by atoms with Gasteiger partial charge in [0.25, 0.3) is 0 Å². The van der Waals surface area contributed by atoms with Gasteiger partial charge in [0, 0.05) is 6.38 Å². The first-order valence-corrected chi connectivity index (χ1v) is 4.43. The van der Waals surface area contributed by atoms with Crippen molar-refractivity contribution >= 4 is 11.6 Å². The van der Waals surface area contributed by atoms with E-state index in [1.54, 1.807) is 0 Å². The third-order valence-corrected chi connectivity index (χ3v) is 1.60. The van der Waals surface area contributed by atoms with Crippen LogP contribution in [0.1, 0.15) is 13.3 Å². The highest BCUT2D eigenvalue weighted by Gasteiger charge is 2.02. The van der Waals surface area contributed by atoms with Gasteiger partial charge in [0.2, 0.25) is 0 Å². The summed E-state index contributed by atoms with van der Waals surface area (Å²) in [6.07, 6.45) is 11.1. The molecule has 0 fully saturated rings. The van der Waals surface area contributed by atoms with E-state index < -0.39 is 0 Å². The summed E-state index contributed by atoms with van der Waals surface area (Å²) >= 11 is 4.64. The highest BCUT2D eigenvalue weighted by atomic mass is 35.5. The minimum Gasteiger partial charge on any atom is -0.130 e. The number of alkyl halides is 1. The van der Waals surface area contributed by atoms with Crippen molar-refractivity contribution in [1.29, 1.82) is 0 Å². The monoisotopic (exact) mass is 170 g/mol. The van der Waals surface area contributed by atoms with E-state index in [1.165, 1.54) is 12.0 Å². The average Bonchev–Trinajstić information content (AvgIpc) is 2.08. The Morgan fingerprint density at radius 1 is 1.64 bits per heavy atom. The molecule has 1 atom stereocenters. The van der Waals surface area contributed by atoms with Gasteiger partial charge in [-0.15, -0.1) is 18.2 Å². The lowest BCUT2D eigenvalue weighted by atomic mass is 9.96. The summed E-state index contributed by atoms with van der Waals surface area (Å²) in [4.78, 5) is 0. The first-order chi connectivity index (χ1) is 5.33. The predicted molar refractivity (Wildman–Crippen MR) is 53.0 cm³/mol. The van der Waals surface area contributed by atoms with Crippen LogP contribution in [0.25, 0.3) is 0 Å². The third-order valence-electron chi connectivity index (χ3n) is 1.60. The highest BCUT2D eigenvalue weighted by Crippen LogP contribution is 2.17. The second-order valence-corrected chi connectivity index (χ2v) is 2.50. The van der Waals surface area contributed by atoms with Crippen LogP contribution >= 0.6 is 11.6 Å². The number of allylic oxidation sites excluding steroid dienone is 5. The summed E-state index contributed by atoms with van der Waals surface area (Å²) < 4.78 is 0. The number of rotatable bonds is 1. The molecule has 0 N–H and O–H groups in total. The summed E-state index contributed by atoms with van der Waals surface area (Å²) in [5, 5.41) is 0. The van der Waals surface area contributed by atoms with Gasteiger partial charge in [-0.2, -0.15) is 0 Å². The zero-order chi connectivity index (χ0) is 8.69. The molecule has 0 spiro atoms. The zero-order valence-electron chi connectivity index (χ0n) is 7.18. The summed E-state index contributed by atoms with van der Waals surface area (Å²) in [6.45, 7) is 5.89. The normalized spacial score (nSPS) is 21.4. The van der Waals surface area contributed by atoms with Crippen LogP contribution < -0.4 is 0 Å². The van der Waals surface area contributed by atoms with Crippen molar-refractivity contribution in [2.45, 2.75) is 13.3 Å². The Labute approximate surface area is 74.3 Å². The average molecular weight is 171 g/mol. The Morgan fingerprint density at radius 2 is 2.27 bits per heavy atom. The van der Waals surface area contributed by atoms with Gasteiger partial charge >= 0.3 is 0 Å². The molecule has 1 aliphatic carbocycles. The fourth-order valence-electron chi connectivity index (χ4n) is 1.03. The molecule has 62 valence electrons. The molecule has 0 bridgehead atoms. The predicted octanol–water partition coefficient (Wildman–Crippen LogP) is 3.55. The molecule has 0 aliphatic heterocycles. The van der Waals surface area contributed by atoms with Gasteiger partial charge in [-0.05, 0) is 19.3 Å². The molecule has 0 nitrogen and oxygen atoms in total. The molecule has 0 radical (unpaired) electrons. The molecule has 0 heterocycles. The first kappa shape index (κ1) is 10.5. The molecule has 0 amide bonds. The standard InChI is InChI=1S/C9H12.CH3Cl/c1-3-9-6-4-5-8(2)7-9;1-2/h3-6,9H,1,7H2,2H3;1H3. The van der Waals surface area contributed by atoms with E-state index >= 15 is 0 Å². The minimum atomic E-state index is 0.579. The molecule has 0 aromatic heterocycles. The van der Waals surface area contributed by atoms with E-state index in [0.717, 1.165) is 6.42 Å². The summed E-state index contributed by atoms with van der Waals surface area (Å²) in [5.41, 5.74) is 1.45. The van der Waals surface area contributed by atoms with Gasteiger partial charge in [0.15, 0.2) is 0 Å². The smallest absolute Gasteiger partial charge is 0.0108 e. The Balaban J connectivity index is 0.000000461. The van der Waals surface area contributed by atoms with Crippen molar-refractivity contribution in [2.24, 2.45) is 5.92 Å². The van der Waals surface area contributed by atoms with Gasteiger partial charge in [-0.3, -0.25) is 0 Å². The van der Waals surface area contributed by atoms with Crippen LogP contribution in [0.3, 0.4) is 0 Å². The largest absolute Gasteiger partial charge is 0.130 e. The van der Waals surface area contributed by atoms with Gasteiger partial charge in [-0.1, -0.05) is 29.9 Å².